The van der Waals surface area contributed by atoms with Crippen LogP contribution in [0.4, 0.5) is 0 Å². The fourth-order valence-corrected chi connectivity index (χ4v) is 5.93. The molecule has 1 aliphatic heterocycles. The first kappa shape index (κ1) is 29.3. The Bertz CT molecular complexity index is 1540. The van der Waals surface area contributed by atoms with Gasteiger partial charge in [-0.1, -0.05) is 85.8 Å². The van der Waals surface area contributed by atoms with E-state index in [9.17, 15) is 9.59 Å². The predicted octanol–water partition coefficient (Wildman–Crippen LogP) is 5.05. The molecule has 1 aromatic heterocycles. The lowest BCUT2D eigenvalue weighted by atomic mass is 9.79. The second-order valence-electron chi connectivity index (χ2n) is 10.4. The summed E-state index contributed by atoms with van der Waals surface area (Å²) in [5, 5.41) is 0. The zero-order chi connectivity index (χ0) is 29.7. The average molecular weight is 569 g/mol. The summed E-state index contributed by atoms with van der Waals surface area (Å²) in [4.78, 5) is 26.8. The standard InChI is InChI=1S/C34H36N2O6/c1-5-12-28(30-23(2)31(40-4)32(41-30)36-22-21-29(37)35-33(36)38)42-34(24-13-8-6-9-14-24,25-15-10-7-11-16-25)26-17-19-27(39-3)20-18-26/h5-11,13-23,28,30-32H,1,12H2,2-4H3,(H,35,37,38)/t23-,28+,30-,31-,32-/m1/s1. The molecule has 3 aromatic carbocycles. The average Bonchev–Trinajstić information content (AvgIpc) is 3.35. The molecular formula is C34H36N2O6. The highest BCUT2D eigenvalue weighted by molar-refractivity contribution is 5.48. The molecule has 0 bridgehead atoms. The molecule has 42 heavy (non-hydrogen) atoms. The number of nitrogens with zero attached hydrogens (tertiary/aromatic N) is 1. The maximum atomic E-state index is 12.7. The van der Waals surface area contributed by atoms with E-state index in [4.69, 9.17) is 18.9 Å². The molecule has 5 atom stereocenters. The van der Waals surface area contributed by atoms with Gasteiger partial charge in [-0.25, -0.2) is 4.79 Å². The van der Waals surface area contributed by atoms with E-state index < -0.39 is 41.4 Å². The Balaban J connectivity index is 1.65. The van der Waals surface area contributed by atoms with Gasteiger partial charge in [0.15, 0.2) is 6.23 Å². The Hall–Kier alpha value is -4.24. The number of benzene rings is 3. The summed E-state index contributed by atoms with van der Waals surface area (Å²) in [6, 6.07) is 29.4. The second-order valence-corrected chi connectivity index (χ2v) is 10.4. The third-order valence-corrected chi connectivity index (χ3v) is 7.96. The van der Waals surface area contributed by atoms with Crippen LogP contribution in [-0.4, -0.2) is 42.1 Å². The number of H-pyrrole nitrogens is 1. The van der Waals surface area contributed by atoms with Crippen molar-refractivity contribution in [1.29, 1.82) is 0 Å². The summed E-state index contributed by atoms with van der Waals surface area (Å²) in [6.07, 6.45) is 1.50. The number of aromatic amines is 1. The van der Waals surface area contributed by atoms with Crippen molar-refractivity contribution in [2.75, 3.05) is 14.2 Å². The van der Waals surface area contributed by atoms with Gasteiger partial charge in [0.2, 0.25) is 0 Å². The zero-order valence-corrected chi connectivity index (χ0v) is 24.0. The molecule has 0 amide bonds. The highest BCUT2D eigenvalue weighted by Gasteiger charge is 2.50. The first-order valence-electron chi connectivity index (χ1n) is 14.0. The number of hydrogen-bond acceptors (Lipinski definition) is 6. The highest BCUT2D eigenvalue weighted by Crippen LogP contribution is 2.45. The molecule has 8 nitrogen and oxygen atoms in total. The minimum absolute atomic E-state index is 0.177. The minimum atomic E-state index is -1.03. The van der Waals surface area contributed by atoms with Gasteiger partial charge in [0, 0.05) is 25.3 Å². The van der Waals surface area contributed by atoms with Gasteiger partial charge >= 0.3 is 5.69 Å². The minimum Gasteiger partial charge on any atom is -0.497 e. The monoisotopic (exact) mass is 568 g/mol. The van der Waals surface area contributed by atoms with Crippen LogP contribution in [0.1, 0.15) is 36.3 Å². The summed E-state index contributed by atoms with van der Waals surface area (Å²) in [7, 11) is 3.23. The van der Waals surface area contributed by atoms with E-state index in [2.05, 4.69) is 35.8 Å². The second kappa shape index (κ2) is 12.7. The number of nitrogens with one attached hydrogen (secondary N) is 1. The van der Waals surface area contributed by atoms with Gasteiger partial charge in [-0.15, -0.1) is 6.58 Å². The maximum Gasteiger partial charge on any atom is 0.330 e. The summed E-state index contributed by atoms with van der Waals surface area (Å²) in [5.41, 5.74) is 0.731. The molecular weight excluding hydrogens is 532 g/mol. The van der Waals surface area contributed by atoms with Crippen LogP contribution in [0.5, 0.6) is 5.75 Å². The van der Waals surface area contributed by atoms with E-state index in [1.807, 2.05) is 73.7 Å². The molecule has 1 saturated heterocycles. The Morgan fingerprint density at radius 3 is 2.05 bits per heavy atom. The molecule has 1 fully saturated rings. The van der Waals surface area contributed by atoms with Gasteiger partial charge in [-0.2, -0.15) is 0 Å². The van der Waals surface area contributed by atoms with Gasteiger partial charge < -0.3 is 18.9 Å². The molecule has 4 aromatic rings. The Labute approximate surface area is 245 Å². The largest absolute Gasteiger partial charge is 0.497 e. The summed E-state index contributed by atoms with van der Waals surface area (Å²) in [5.74, 6) is 0.560. The molecule has 2 heterocycles. The Morgan fingerprint density at radius 1 is 0.929 bits per heavy atom. The van der Waals surface area contributed by atoms with Crippen LogP contribution in [0.3, 0.4) is 0 Å². The van der Waals surface area contributed by atoms with Crippen molar-refractivity contribution in [2.45, 2.75) is 43.5 Å². The number of aromatic nitrogens is 2. The lowest BCUT2D eigenvalue weighted by Gasteiger charge is -2.41. The maximum absolute atomic E-state index is 12.7. The molecule has 5 rings (SSSR count). The van der Waals surface area contributed by atoms with Crippen molar-refractivity contribution < 1.29 is 18.9 Å². The summed E-state index contributed by atoms with van der Waals surface area (Å²) < 4.78 is 26.7. The molecule has 0 aliphatic carbocycles. The first-order chi connectivity index (χ1) is 20.4. The van der Waals surface area contributed by atoms with E-state index in [1.165, 1.54) is 16.8 Å². The van der Waals surface area contributed by atoms with Crippen molar-refractivity contribution in [3.63, 3.8) is 0 Å². The molecule has 1 aliphatic rings. The van der Waals surface area contributed by atoms with Crippen LogP contribution >= 0.6 is 0 Å². The van der Waals surface area contributed by atoms with Gasteiger partial charge in [0.25, 0.3) is 5.56 Å². The molecule has 0 spiro atoms. The van der Waals surface area contributed by atoms with Crippen molar-refractivity contribution in [2.24, 2.45) is 5.92 Å². The van der Waals surface area contributed by atoms with E-state index >= 15 is 0 Å². The molecule has 0 radical (unpaired) electrons. The van der Waals surface area contributed by atoms with Gasteiger partial charge in [0.05, 0.1) is 19.3 Å². The van der Waals surface area contributed by atoms with Crippen molar-refractivity contribution in [3.05, 3.63) is 147 Å². The van der Waals surface area contributed by atoms with Crippen LogP contribution in [-0.2, 0) is 19.8 Å². The molecule has 218 valence electrons. The van der Waals surface area contributed by atoms with E-state index in [0.717, 1.165) is 22.4 Å². The third kappa shape index (κ3) is 5.48. The van der Waals surface area contributed by atoms with Crippen molar-refractivity contribution >= 4 is 0 Å². The Morgan fingerprint density at radius 2 is 1.52 bits per heavy atom. The highest BCUT2D eigenvalue weighted by atomic mass is 16.6. The van der Waals surface area contributed by atoms with E-state index in [-0.39, 0.29) is 5.92 Å². The lowest BCUT2D eigenvalue weighted by Crippen LogP contribution is -2.43. The lowest BCUT2D eigenvalue weighted by molar-refractivity contribution is -0.136. The van der Waals surface area contributed by atoms with Gasteiger partial charge in [-0.05, 0) is 35.2 Å². The van der Waals surface area contributed by atoms with Gasteiger partial charge in [0.1, 0.15) is 17.5 Å². The van der Waals surface area contributed by atoms with Crippen LogP contribution < -0.4 is 16.0 Å². The molecule has 0 saturated carbocycles. The quantitative estimate of drug-likeness (QED) is 0.201. The number of ether oxygens (including phenoxy) is 4. The number of hydrogen-bond donors (Lipinski definition) is 1. The molecule has 1 N–H and O–H groups in total. The van der Waals surface area contributed by atoms with Crippen LogP contribution in [0.2, 0.25) is 0 Å². The number of rotatable bonds is 11. The van der Waals surface area contributed by atoms with Crippen molar-refractivity contribution in [1.82, 2.24) is 9.55 Å². The zero-order valence-electron chi connectivity index (χ0n) is 24.0. The Kier molecular flexibility index (Phi) is 8.87. The smallest absolute Gasteiger partial charge is 0.330 e. The number of methoxy groups -OCH3 is 2. The van der Waals surface area contributed by atoms with Crippen LogP contribution in [0, 0.1) is 5.92 Å². The summed E-state index contributed by atoms with van der Waals surface area (Å²) in [6.45, 7) is 6.05. The fourth-order valence-electron chi connectivity index (χ4n) is 5.93. The summed E-state index contributed by atoms with van der Waals surface area (Å²) >= 11 is 0. The van der Waals surface area contributed by atoms with E-state index in [0.29, 0.717) is 6.42 Å². The SMILES string of the molecule is C=CC[C@H](OC(c1ccccc1)(c1ccccc1)c1ccc(OC)cc1)[C@@H]1O[C@@H](n2ccc(=O)[nH]c2=O)[C@H](OC)[C@@H]1C. The normalized spacial score (nSPS) is 21.1. The topological polar surface area (TPSA) is 91.8 Å². The van der Waals surface area contributed by atoms with Gasteiger partial charge in [-0.3, -0.25) is 14.3 Å². The molecule has 0 unspecified atom stereocenters. The van der Waals surface area contributed by atoms with Crippen molar-refractivity contribution in [3.8, 4) is 5.75 Å². The van der Waals surface area contributed by atoms with E-state index in [1.54, 1.807) is 14.2 Å². The predicted molar refractivity (Wildman–Crippen MR) is 161 cm³/mol. The van der Waals surface area contributed by atoms with Crippen LogP contribution in [0.15, 0.2) is 119 Å². The first-order valence-corrected chi connectivity index (χ1v) is 14.0. The fraction of sp³-hybridized carbons (Fsp3) is 0.294. The molecule has 8 heteroatoms. The third-order valence-electron chi connectivity index (χ3n) is 7.96. The van der Waals surface area contributed by atoms with Crippen LogP contribution in [0.25, 0.3) is 0 Å².